The Morgan fingerprint density at radius 3 is 2.47 bits per heavy atom. The molecule has 1 saturated carbocycles. The van der Waals surface area contributed by atoms with Gasteiger partial charge in [0.25, 0.3) is 0 Å². The third-order valence-corrected chi connectivity index (χ3v) is 5.17. The van der Waals surface area contributed by atoms with Crippen molar-refractivity contribution in [1.82, 2.24) is 19.4 Å². The maximum absolute atomic E-state index is 10.6. The number of hydrogen-bond donors (Lipinski definition) is 3. The van der Waals surface area contributed by atoms with Crippen LogP contribution >= 0.6 is 0 Å². The number of carboxylic acid groups (broad SMARTS) is 1. The van der Waals surface area contributed by atoms with E-state index in [9.17, 15) is 13.2 Å². The van der Waals surface area contributed by atoms with Gasteiger partial charge in [-0.2, -0.15) is 13.2 Å². The molecule has 0 aliphatic heterocycles. The first-order valence-electron chi connectivity index (χ1n) is 10.1. The van der Waals surface area contributed by atoms with Gasteiger partial charge in [0.2, 0.25) is 0 Å². The molecule has 172 valence electrons. The SMILES string of the molecule is Cc1cn2cc(-c3nccc(NC4CCC(N)CC4)n3)cc2c(C)n1.O=C(O)C(F)(F)F. The van der Waals surface area contributed by atoms with Gasteiger partial charge in [0.05, 0.1) is 16.9 Å². The standard InChI is InChI=1S/C19H24N6.C2HF3O2/c1-12-10-25-11-14(9-17(25)13(2)22-12)19-21-8-7-18(24-19)23-16-5-3-15(20)4-6-16;3-2(4,5)1(6)7/h7-11,15-16H,3-6,20H2,1-2H3,(H,21,23,24);(H,6,7). The van der Waals surface area contributed by atoms with Gasteiger partial charge in [-0.25, -0.2) is 14.8 Å². The fraction of sp³-hybridized carbons (Fsp3) is 0.429. The summed E-state index contributed by atoms with van der Waals surface area (Å²) in [5.41, 5.74) is 10.1. The Labute approximate surface area is 182 Å². The van der Waals surface area contributed by atoms with Crippen molar-refractivity contribution in [2.75, 3.05) is 5.32 Å². The van der Waals surface area contributed by atoms with E-state index in [0.29, 0.717) is 12.1 Å². The molecular formula is C21H25F3N6O2. The number of carboxylic acids is 1. The number of nitrogens with two attached hydrogens (primary N) is 1. The van der Waals surface area contributed by atoms with Crippen LogP contribution in [0.2, 0.25) is 0 Å². The van der Waals surface area contributed by atoms with Crippen LogP contribution in [0.4, 0.5) is 19.0 Å². The van der Waals surface area contributed by atoms with Crippen LogP contribution < -0.4 is 11.1 Å². The van der Waals surface area contributed by atoms with E-state index in [2.05, 4.69) is 31.9 Å². The van der Waals surface area contributed by atoms with Gasteiger partial charge in [-0.3, -0.25) is 4.98 Å². The predicted octanol–water partition coefficient (Wildman–Crippen LogP) is 3.72. The van der Waals surface area contributed by atoms with E-state index < -0.39 is 12.1 Å². The summed E-state index contributed by atoms with van der Waals surface area (Å²) in [7, 11) is 0. The molecule has 4 rings (SSSR count). The second-order valence-electron chi connectivity index (χ2n) is 7.81. The van der Waals surface area contributed by atoms with Gasteiger partial charge in [0, 0.05) is 36.2 Å². The van der Waals surface area contributed by atoms with Crippen molar-refractivity contribution >= 4 is 17.3 Å². The first-order chi connectivity index (χ1) is 15.0. The Hall–Kier alpha value is -3.21. The average molecular weight is 450 g/mol. The van der Waals surface area contributed by atoms with Crippen LogP contribution in [0.1, 0.15) is 37.1 Å². The number of nitrogens with zero attached hydrogens (tertiary/aromatic N) is 4. The molecular weight excluding hydrogens is 425 g/mol. The van der Waals surface area contributed by atoms with Gasteiger partial charge in [0.15, 0.2) is 5.82 Å². The first kappa shape index (κ1) is 23.5. The van der Waals surface area contributed by atoms with E-state index in [1.54, 1.807) is 0 Å². The van der Waals surface area contributed by atoms with E-state index in [0.717, 1.165) is 59.8 Å². The number of halogens is 3. The molecule has 0 spiro atoms. The number of rotatable bonds is 3. The Bertz CT molecular complexity index is 1090. The van der Waals surface area contributed by atoms with Crippen molar-refractivity contribution in [3.05, 3.63) is 42.1 Å². The summed E-state index contributed by atoms with van der Waals surface area (Å²) in [6.07, 6.45) is 5.17. The van der Waals surface area contributed by atoms with E-state index in [1.807, 2.05) is 32.3 Å². The molecule has 1 fully saturated rings. The molecule has 3 heterocycles. The lowest BCUT2D eigenvalue weighted by Crippen LogP contribution is -2.33. The quantitative estimate of drug-likeness (QED) is 0.556. The zero-order valence-corrected chi connectivity index (χ0v) is 17.7. The van der Waals surface area contributed by atoms with Crippen LogP contribution in [-0.2, 0) is 4.79 Å². The largest absolute Gasteiger partial charge is 0.490 e. The van der Waals surface area contributed by atoms with Gasteiger partial charge in [0.1, 0.15) is 5.82 Å². The van der Waals surface area contributed by atoms with Crippen LogP contribution in [0.5, 0.6) is 0 Å². The Morgan fingerprint density at radius 2 is 1.84 bits per heavy atom. The minimum Gasteiger partial charge on any atom is -0.475 e. The summed E-state index contributed by atoms with van der Waals surface area (Å²) < 4.78 is 33.8. The normalized spacial score (nSPS) is 18.7. The molecule has 0 aromatic carbocycles. The summed E-state index contributed by atoms with van der Waals surface area (Å²) in [5.74, 6) is -1.14. The third kappa shape index (κ3) is 5.94. The number of fused-ring (bicyclic) bond motifs is 1. The summed E-state index contributed by atoms with van der Waals surface area (Å²) >= 11 is 0. The number of aryl methyl sites for hydroxylation is 2. The van der Waals surface area contributed by atoms with Gasteiger partial charge in [-0.1, -0.05) is 0 Å². The lowest BCUT2D eigenvalue weighted by Gasteiger charge is -2.27. The zero-order valence-electron chi connectivity index (χ0n) is 17.7. The molecule has 0 atom stereocenters. The minimum atomic E-state index is -5.08. The minimum absolute atomic E-state index is 0.355. The van der Waals surface area contributed by atoms with Gasteiger partial charge >= 0.3 is 12.1 Å². The summed E-state index contributed by atoms with van der Waals surface area (Å²) in [6.45, 7) is 4.03. The molecule has 8 nitrogen and oxygen atoms in total. The van der Waals surface area contributed by atoms with E-state index >= 15 is 0 Å². The Balaban J connectivity index is 0.000000360. The van der Waals surface area contributed by atoms with Crippen molar-refractivity contribution in [3.8, 4) is 11.4 Å². The fourth-order valence-electron chi connectivity index (χ4n) is 3.60. The number of carbonyl (C=O) groups is 1. The number of alkyl halides is 3. The lowest BCUT2D eigenvalue weighted by molar-refractivity contribution is -0.192. The van der Waals surface area contributed by atoms with Crippen LogP contribution in [-0.4, -0.2) is 48.7 Å². The Morgan fingerprint density at radius 1 is 1.19 bits per heavy atom. The van der Waals surface area contributed by atoms with Crippen molar-refractivity contribution in [1.29, 1.82) is 0 Å². The monoisotopic (exact) mass is 450 g/mol. The van der Waals surface area contributed by atoms with Crippen molar-refractivity contribution in [3.63, 3.8) is 0 Å². The summed E-state index contributed by atoms with van der Waals surface area (Å²) in [5, 5.41) is 10.7. The lowest BCUT2D eigenvalue weighted by atomic mass is 9.92. The smallest absolute Gasteiger partial charge is 0.475 e. The van der Waals surface area contributed by atoms with Crippen molar-refractivity contribution in [2.45, 2.75) is 57.8 Å². The molecule has 0 unspecified atom stereocenters. The summed E-state index contributed by atoms with van der Waals surface area (Å²) in [6, 6.07) is 4.84. The number of nitrogens with one attached hydrogen (secondary N) is 1. The molecule has 1 aliphatic carbocycles. The number of anilines is 1. The molecule has 3 aromatic rings. The molecule has 3 aromatic heterocycles. The molecule has 11 heteroatoms. The first-order valence-corrected chi connectivity index (χ1v) is 10.1. The second kappa shape index (κ2) is 9.51. The number of aliphatic carboxylic acids is 1. The van der Waals surface area contributed by atoms with Crippen LogP contribution in [0, 0.1) is 13.8 Å². The van der Waals surface area contributed by atoms with E-state index in [4.69, 9.17) is 20.6 Å². The fourth-order valence-corrected chi connectivity index (χ4v) is 3.60. The molecule has 4 N–H and O–H groups in total. The van der Waals surface area contributed by atoms with E-state index in [1.165, 1.54) is 0 Å². The van der Waals surface area contributed by atoms with E-state index in [-0.39, 0.29) is 0 Å². The highest BCUT2D eigenvalue weighted by Gasteiger charge is 2.38. The maximum Gasteiger partial charge on any atom is 0.490 e. The zero-order chi connectivity index (χ0) is 23.5. The number of aromatic nitrogens is 4. The van der Waals surface area contributed by atoms with Crippen LogP contribution in [0.3, 0.4) is 0 Å². The summed E-state index contributed by atoms with van der Waals surface area (Å²) in [4.78, 5) is 22.6. The average Bonchev–Trinajstić information content (AvgIpc) is 3.14. The van der Waals surface area contributed by atoms with Gasteiger partial charge in [-0.05, 0) is 51.7 Å². The van der Waals surface area contributed by atoms with Gasteiger partial charge < -0.3 is 20.6 Å². The Kier molecular flexibility index (Phi) is 6.97. The molecule has 1 aliphatic rings. The highest BCUT2D eigenvalue weighted by molar-refractivity contribution is 5.73. The topological polar surface area (TPSA) is 118 Å². The predicted molar refractivity (Wildman–Crippen MR) is 113 cm³/mol. The molecule has 32 heavy (non-hydrogen) atoms. The van der Waals surface area contributed by atoms with Crippen LogP contribution in [0.25, 0.3) is 16.9 Å². The third-order valence-electron chi connectivity index (χ3n) is 5.17. The molecule has 0 bridgehead atoms. The molecule has 0 radical (unpaired) electrons. The molecule has 0 amide bonds. The maximum atomic E-state index is 10.6. The highest BCUT2D eigenvalue weighted by atomic mass is 19.4. The van der Waals surface area contributed by atoms with Crippen LogP contribution in [0.15, 0.2) is 30.7 Å². The van der Waals surface area contributed by atoms with Crippen molar-refractivity contribution in [2.24, 2.45) is 5.73 Å². The van der Waals surface area contributed by atoms with Crippen molar-refractivity contribution < 1.29 is 23.1 Å². The number of hydrogen-bond acceptors (Lipinski definition) is 6. The molecule has 0 saturated heterocycles. The second-order valence-corrected chi connectivity index (χ2v) is 7.81. The van der Waals surface area contributed by atoms with Gasteiger partial charge in [-0.15, -0.1) is 0 Å². The highest BCUT2D eigenvalue weighted by Crippen LogP contribution is 2.24.